The molecular weight excluding hydrogens is 330 g/mol. The Labute approximate surface area is 134 Å². The zero-order valence-electron chi connectivity index (χ0n) is 12.4. The summed E-state index contributed by atoms with van der Waals surface area (Å²) in [5, 5.41) is 3.38. The number of nitrogens with one attached hydrogen (secondary N) is 1. The maximum absolute atomic E-state index is 12.7. The lowest BCUT2D eigenvalue weighted by Gasteiger charge is -2.32. The highest BCUT2D eigenvalue weighted by Crippen LogP contribution is 2.21. The highest BCUT2D eigenvalue weighted by atomic mass is 79.9. The summed E-state index contributed by atoms with van der Waals surface area (Å²) in [4.78, 5) is 17.2. The van der Waals surface area contributed by atoms with Crippen LogP contribution in [0.5, 0.6) is 0 Å². The predicted octanol–water partition coefficient (Wildman–Crippen LogP) is 1.88. The quantitative estimate of drug-likeness (QED) is 0.883. The third-order valence-electron chi connectivity index (χ3n) is 4.41. The smallest absolute Gasteiger partial charge is 0.253 e. The van der Waals surface area contributed by atoms with Crippen LogP contribution in [0.15, 0.2) is 22.7 Å². The van der Waals surface area contributed by atoms with E-state index in [9.17, 15) is 4.79 Å². The number of piperazine rings is 1. The molecule has 0 aromatic heterocycles. The zero-order valence-corrected chi connectivity index (χ0v) is 14.0. The molecule has 2 saturated heterocycles. The van der Waals surface area contributed by atoms with Gasteiger partial charge in [0.2, 0.25) is 0 Å². The Morgan fingerprint density at radius 3 is 2.71 bits per heavy atom. The van der Waals surface area contributed by atoms with Crippen molar-refractivity contribution in [2.24, 2.45) is 0 Å². The monoisotopic (exact) mass is 351 g/mol. The second-order valence-corrected chi connectivity index (χ2v) is 6.91. The molecule has 4 nitrogen and oxygen atoms in total. The molecule has 1 amide bonds. The first-order valence-electron chi connectivity index (χ1n) is 7.65. The summed E-state index contributed by atoms with van der Waals surface area (Å²) in [5.74, 6) is 0.164. The molecule has 5 heteroatoms. The van der Waals surface area contributed by atoms with Crippen LogP contribution in [0.3, 0.4) is 0 Å². The van der Waals surface area contributed by atoms with Gasteiger partial charge < -0.3 is 10.2 Å². The molecule has 0 radical (unpaired) electrons. The molecule has 1 aromatic rings. The van der Waals surface area contributed by atoms with Crippen LogP contribution in [0.25, 0.3) is 0 Å². The summed E-state index contributed by atoms with van der Waals surface area (Å²) in [6.45, 7) is 8.09. The van der Waals surface area contributed by atoms with Crippen molar-refractivity contribution in [1.29, 1.82) is 0 Å². The molecule has 0 spiro atoms. The average Bonchev–Trinajstić information content (AvgIpc) is 2.96. The molecule has 2 aliphatic heterocycles. The van der Waals surface area contributed by atoms with Gasteiger partial charge in [-0.15, -0.1) is 0 Å². The lowest BCUT2D eigenvalue weighted by Crippen LogP contribution is -2.49. The van der Waals surface area contributed by atoms with Gasteiger partial charge in [0.05, 0.1) is 0 Å². The first-order chi connectivity index (χ1) is 10.1. The van der Waals surface area contributed by atoms with Gasteiger partial charge in [-0.05, 0) is 37.1 Å². The molecule has 0 saturated carbocycles. The van der Waals surface area contributed by atoms with Crippen LogP contribution in [0.2, 0.25) is 0 Å². The SMILES string of the molecule is Cc1cc(Br)cc(C(=O)N2CCC(N3CCNCC3)C2)c1. The lowest BCUT2D eigenvalue weighted by molar-refractivity contribution is 0.0773. The van der Waals surface area contributed by atoms with Gasteiger partial charge in [0.25, 0.3) is 5.91 Å². The summed E-state index contributed by atoms with van der Waals surface area (Å²) in [7, 11) is 0. The normalized spacial score (nSPS) is 23.5. The summed E-state index contributed by atoms with van der Waals surface area (Å²) in [6, 6.07) is 6.47. The Balaban J connectivity index is 1.66. The van der Waals surface area contributed by atoms with E-state index >= 15 is 0 Å². The van der Waals surface area contributed by atoms with Crippen LogP contribution >= 0.6 is 15.9 Å². The van der Waals surface area contributed by atoms with Crippen molar-refractivity contribution in [3.63, 3.8) is 0 Å². The van der Waals surface area contributed by atoms with Gasteiger partial charge in [-0.2, -0.15) is 0 Å². The third kappa shape index (κ3) is 3.47. The number of amides is 1. The average molecular weight is 352 g/mol. The third-order valence-corrected chi connectivity index (χ3v) is 4.87. The Morgan fingerprint density at radius 1 is 1.24 bits per heavy atom. The first kappa shape index (κ1) is 15.0. The van der Waals surface area contributed by atoms with Crippen molar-refractivity contribution in [2.75, 3.05) is 39.3 Å². The number of carbonyl (C=O) groups is 1. The van der Waals surface area contributed by atoms with E-state index in [1.807, 2.05) is 30.0 Å². The number of hydrogen-bond donors (Lipinski definition) is 1. The van der Waals surface area contributed by atoms with Gasteiger partial charge >= 0.3 is 0 Å². The summed E-state index contributed by atoms with van der Waals surface area (Å²) in [6.07, 6.45) is 1.10. The van der Waals surface area contributed by atoms with Crippen molar-refractivity contribution in [2.45, 2.75) is 19.4 Å². The highest BCUT2D eigenvalue weighted by Gasteiger charge is 2.31. The summed E-state index contributed by atoms with van der Waals surface area (Å²) in [5.41, 5.74) is 1.91. The van der Waals surface area contributed by atoms with Crippen LogP contribution in [-0.4, -0.2) is 61.0 Å². The molecule has 3 rings (SSSR count). The zero-order chi connectivity index (χ0) is 14.8. The molecule has 114 valence electrons. The number of aryl methyl sites for hydroxylation is 1. The van der Waals surface area contributed by atoms with Crippen LogP contribution < -0.4 is 5.32 Å². The second-order valence-electron chi connectivity index (χ2n) is 6.00. The van der Waals surface area contributed by atoms with Crippen molar-refractivity contribution in [1.82, 2.24) is 15.1 Å². The predicted molar refractivity (Wildman–Crippen MR) is 87.6 cm³/mol. The maximum Gasteiger partial charge on any atom is 0.253 e. The number of benzene rings is 1. The fourth-order valence-corrected chi connectivity index (χ4v) is 3.92. The van der Waals surface area contributed by atoms with E-state index in [0.29, 0.717) is 6.04 Å². The highest BCUT2D eigenvalue weighted by molar-refractivity contribution is 9.10. The van der Waals surface area contributed by atoms with Crippen LogP contribution in [-0.2, 0) is 0 Å². The van der Waals surface area contributed by atoms with Crippen molar-refractivity contribution in [3.05, 3.63) is 33.8 Å². The van der Waals surface area contributed by atoms with E-state index in [0.717, 1.165) is 61.3 Å². The molecule has 0 aliphatic carbocycles. The van der Waals surface area contributed by atoms with Gasteiger partial charge in [-0.25, -0.2) is 0 Å². The molecule has 1 atom stereocenters. The maximum atomic E-state index is 12.7. The minimum atomic E-state index is 0.164. The lowest BCUT2D eigenvalue weighted by atomic mass is 10.1. The Morgan fingerprint density at radius 2 is 2.00 bits per heavy atom. The minimum Gasteiger partial charge on any atom is -0.337 e. The van der Waals surface area contributed by atoms with E-state index in [4.69, 9.17) is 0 Å². The van der Waals surface area contributed by atoms with E-state index in [1.54, 1.807) is 0 Å². The molecule has 2 heterocycles. The van der Waals surface area contributed by atoms with Gasteiger partial charge in [-0.1, -0.05) is 15.9 Å². The van der Waals surface area contributed by atoms with Crippen molar-refractivity contribution < 1.29 is 4.79 Å². The number of rotatable bonds is 2. The number of halogens is 1. The number of nitrogens with zero attached hydrogens (tertiary/aromatic N) is 2. The van der Waals surface area contributed by atoms with E-state index < -0.39 is 0 Å². The Bertz CT molecular complexity index is 508. The Hall–Kier alpha value is -0.910. The fourth-order valence-electron chi connectivity index (χ4n) is 3.31. The standard InChI is InChI=1S/C16H22BrN3O/c1-12-8-13(10-14(17)9-12)16(21)20-5-2-15(11-20)19-6-3-18-4-7-19/h8-10,15,18H,2-7,11H2,1H3. The largest absolute Gasteiger partial charge is 0.337 e. The molecule has 21 heavy (non-hydrogen) atoms. The van der Waals surface area contributed by atoms with E-state index in [-0.39, 0.29) is 5.91 Å². The molecule has 1 unspecified atom stereocenters. The number of carbonyl (C=O) groups excluding carboxylic acids is 1. The molecule has 1 N–H and O–H groups in total. The minimum absolute atomic E-state index is 0.164. The molecule has 0 bridgehead atoms. The van der Waals surface area contributed by atoms with Crippen molar-refractivity contribution >= 4 is 21.8 Å². The van der Waals surface area contributed by atoms with Crippen LogP contribution in [0, 0.1) is 6.92 Å². The van der Waals surface area contributed by atoms with Gasteiger partial charge in [-0.3, -0.25) is 9.69 Å². The molecule has 2 fully saturated rings. The number of likely N-dealkylation sites (tertiary alicyclic amines) is 1. The van der Waals surface area contributed by atoms with Gasteiger partial charge in [0.1, 0.15) is 0 Å². The van der Waals surface area contributed by atoms with E-state index in [1.165, 1.54) is 0 Å². The van der Waals surface area contributed by atoms with Gasteiger partial charge in [0, 0.05) is 55.3 Å². The Kier molecular flexibility index (Phi) is 4.62. The van der Waals surface area contributed by atoms with Crippen molar-refractivity contribution in [3.8, 4) is 0 Å². The van der Waals surface area contributed by atoms with Gasteiger partial charge in [0.15, 0.2) is 0 Å². The second kappa shape index (κ2) is 6.46. The van der Waals surface area contributed by atoms with Crippen LogP contribution in [0.1, 0.15) is 22.3 Å². The number of hydrogen-bond acceptors (Lipinski definition) is 3. The topological polar surface area (TPSA) is 35.6 Å². The summed E-state index contributed by atoms with van der Waals surface area (Å²) >= 11 is 3.48. The molecule has 2 aliphatic rings. The molecular formula is C16H22BrN3O. The van der Waals surface area contributed by atoms with E-state index in [2.05, 4.69) is 26.1 Å². The first-order valence-corrected chi connectivity index (χ1v) is 8.44. The fraction of sp³-hybridized carbons (Fsp3) is 0.562. The summed E-state index contributed by atoms with van der Waals surface area (Å²) < 4.78 is 0.976. The molecule has 1 aromatic carbocycles. The van der Waals surface area contributed by atoms with Crippen LogP contribution in [0.4, 0.5) is 0 Å².